The lowest BCUT2D eigenvalue weighted by Crippen LogP contribution is -2.40. The molecule has 4 rings (SSSR count). The number of ether oxygens (including phenoxy) is 1. The molecule has 2 aromatic carbocycles. The summed E-state index contributed by atoms with van der Waals surface area (Å²) < 4.78 is 35.0. The van der Waals surface area contributed by atoms with Gasteiger partial charge in [-0.05, 0) is 24.6 Å². The second kappa shape index (κ2) is 10.0. The number of hydrogen-bond acceptors (Lipinski definition) is 7. The molecule has 1 saturated heterocycles. The first-order chi connectivity index (χ1) is 15.9. The number of carbonyl (C=O) groups is 1. The van der Waals surface area contributed by atoms with Crippen molar-refractivity contribution in [2.75, 3.05) is 32.1 Å². The van der Waals surface area contributed by atoms with Crippen molar-refractivity contribution in [2.24, 2.45) is 5.73 Å². The molecule has 0 spiro atoms. The molecule has 1 atom stereocenters. The summed E-state index contributed by atoms with van der Waals surface area (Å²) in [4.78, 5) is 11.6. The van der Waals surface area contributed by atoms with Crippen molar-refractivity contribution in [3.05, 3.63) is 60.2 Å². The monoisotopic (exact) mass is 487 g/mol. The lowest BCUT2D eigenvalue weighted by molar-refractivity contribution is -0.115. The van der Waals surface area contributed by atoms with Gasteiger partial charge in [0.2, 0.25) is 15.9 Å². The molecule has 3 aromatic rings. The number of nitrogens with zero attached hydrogens (tertiary/aromatic N) is 4. The van der Waals surface area contributed by atoms with Crippen LogP contribution in [0.15, 0.2) is 64.6 Å². The zero-order valence-electron chi connectivity index (χ0n) is 18.1. The Balaban J connectivity index is 1.76. The van der Waals surface area contributed by atoms with E-state index in [0.29, 0.717) is 42.8 Å². The highest BCUT2D eigenvalue weighted by Crippen LogP contribution is 2.32. The Morgan fingerprint density at radius 2 is 1.85 bits per heavy atom. The van der Waals surface area contributed by atoms with Gasteiger partial charge in [0.15, 0.2) is 11.0 Å². The number of sulfonamides is 1. The van der Waals surface area contributed by atoms with Crippen LogP contribution in [0.3, 0.4) is 0 Å². The molecule has 0 saturated carbocycles. The fourth-order valence-electron chi connectivity index (χ4n) is 3.67. The predicted molar refractivity (Wildman–Crippen MR) is 125 cm³/mol. The average Bonchev–Trinajstić information content (AvgIpc) is 3.27. The van der Waals surface area contributed by atoms with E-state index in [1.165, 1.54) is 16.1 Å². The zero-order chi connectivity index (χ0) is 23.4. The summed E-state index contributed by atoms with van der Waals surface area (Å²) in [6, 6.07) is 16.4. The van der Waals surface area contributed by atoms with Crippen molar-refractivity contribution in [1.29, 1.82) is 0 Å². The number of morpholine rings is 1. The van der Waals surface area contributed by atoms with Gasteiger partial charge in [-0.2, -0.15) is 4.31 Å². The fraction of sp³-hybridized carbons (Fsp3) is 0.318. The Morgan fingerprint density at radius 1 is 1.12 bits per heavy atom. The lowest BCUT2D eigenvalue weighted by atomic mass is 10.1. The number of primary amides is 1. The molecular weight excluding hydrogens is 462 g/mol. The fourth-order valence-corrected chi connectivity index (χ4v) is 5.88. The maximum absolute atomic E-state index is 13.2. The average molecular weight is 488 g/mol. The van der Waals surface area contributed by atoms with Crippen molar-refractivity contribution >= 4 is 27.7 Å². The maximum Gasteiger partial charge on any atom is 0.243 e. The smallest absolute Gasteiger partial charge is 0.243 e. The predicted octanol–water partition coefficient (Wildman–Crippen LogP) is 2.15. The van der Waals surface area contributed by atoms with Crippen LogP contribution in [0.1, 0.15) is 18.5 Å². The topological polar surface area (TPSA) is 120 Å². The van der Waals surface area contributed by atoms with Crippen LogP contribution in [0.25, 0.3) is 11.4 Å². The summed E-state index contributed by atoms with van der Waals surface area (Å²) in [6.45, 7) is 3.40. The molecular formula is C22H25N5O4S2. The third kappa shape index (κ3) is 5.11. The van der Waals surface area contributed by atoms with Crippen molar-refractivity contribution < 1.29 is 17.9 Å². The van der Waals surface area contributed by atoms with E-state index in [2.05, 4.69) is 10.2 Å². The molecule has 1 aromatic heterocycles. The summed E-state index contributed by atoms with van der Waals surface area (Å²) in [7, 11) is -3.66. The Kier molecular flexibility index (Phi) is 7.13. The van der Waals surface area contributed by atoms with Crippen molar-refractivity contribution in [1.82, 2.24) is 19.1 Å². The van der Waals surface area contributed by atoms with Crippen molar-refractivity contribution in [2.45, 2.75) is 23.0 Å². The minimum Gasteiger partial charge on any atom is -0.379 e. The molecule has 1 aliphatic rings. The van der Waals surface area contributed by atoms with Gasteiger partial charge in [-0.25, -0.2) is 8.42 Å². The van der Waals surface area contributed by atoms with E-state index >= 15 is 0 Å². The minimum atomic E-state index is -3.66. The van der Waals surface area contributed by atoms with Crippen molar-refractivity contribution in [3.63, 3.8) is 0 Å². The second-order valence-corrected chi connectivity index (χ2v) is 10.4. The molecule has 1 unspecified atom stereocenters. The van der Waals surface area contributed by atoms with Gasteiger partial charge in [0, 0.05) is 18.7 Å². The molecule has 2 heterocycles. The van der Waals surface area contributed by atoms with Crippen LogP contribution in [-0.4, -0.2) is 65.5 Å². The summed E-state index contributed by atoms with van der Waals surface area (Å²) in [5.74, 6) is 0.116. The van der Waals surface area contributed by atoms with Gasteiger partial charge < -0.3 is 10.5 Å². The first kappa shape index (κ1) is 23.4. The lowest BCUT2D eigenvalue weighted by Gasteiger charge is -2.26. The number of amides is 1. The van der Waals surface area contributed by atoms with Crippen LogP contribution in [0, 0.1) is 0 Å². The summed E-state index contributed by atoms with van der Waals surface area (Å²) in [5, 5.41) is 9.17. The number of rotatable bonds is 8. The molecule has 1 fully saturated rings. The van der Waals surface area contributed by atoms with Crippen LogP contribution in [0.5, 0.6) is 0 Å². The van der Waals surface area contributed by atoms with E-state index in [0.717, 1.165) is 5.56 Å². The van der Waals surface area contributed by atoms with E-state index in [-0.39, 0.29) is 16.7 Å². The molecule has 1 aliphatic heterocycles. The van der Waals surface area contributed by atoms with E-state index in [4.69, 9.17) is 10.5 Å². The molecule has 9 nitrogen and oxygen atoms in total. The highest BCUT2D eigenvalue weighted by atomic mass is 32.2. The van der Waals surface area contributed by atoms with Gasteiger partial charge in [-0.15, -0.1) is 10.2 Å². The van der Waals surface area contributed by atoms with Crippen LogP contribution in [0.4, 0.5) is 0 Å². The molecule has 11 heteroatoms. The van der Waals surface area contributed by atoms with Crippen LogP contribution >= 0.6 is 11.8 Å². The molecule has 1 amide bonds. The van der Waals surface area contributed by atoms with Gasteiger partial charge in [0.1, 0.15) is 0 Å². The Labute approximate surface area is 197 Å². The second-order valence-electron chi connectivity index (χ2n) is 7.56. The standard InChI is InChI=1S/C22H25N5O4S2/c1-16(17-6-3-2-4-7-17)27-21(24-25-22(27)32-15-20(23)28)18-8-5-9-19(14-18)33(29,30)26-10-12-31-13-11-26/h2-9,14,16H,10-13,15H2,1H3,(H2,23,28). The van der Waals surface area contributed by atoms with Crippen LogP contribution in [-0.2, 0) is 19.6 Å². The number of benzene rings is 2. The largest absolute Gasteiger partial charge is 0.379 e. The van der Waals surface area contributed by atoms with Gasteiger partial charge in [0.05, 0.1) is 29.9 Å². The number of hydrogen-bond donors (Lipinski definition) is 1. The molecule has 0 aliphatic carbocycles. The third-order valence-corrected chi connectivity index (χ3v) is 8.24. The summed E-state index contributed by atoms with van der Waals surface area (Å²) >= 11 is 1.20. The minimum absolute atomic E-state index is 0.0606. The van der Waals surface area contributed by atoms with Crippen LogP contribution < -0.4 is 5.73 Å². The van der Waals surface area contributed by atoms with E-state index in [1.807, 2.05) is 41.8 Å². The zero-order valence-corrected chi connectivity index (χ0v) is 19.8. The number of aromatic nitrogens is 3. The number of carbonyl (C=O) groups excluding carboxylic acids is 1. The highest BCUT2D eigenvalue weighted by molar-refractivity contribution is 7.99. The Hall–Kier alpha value is -2.73. The SMILES string of the molecule is CC(c1ccccc1)n1c(SCC(N)=O)nnc1-c1cccc(S(=O)(=O)N2CCOCC2)c1. The quantitative estimate of drug-likeness (QED) is 0.483. The van der Waals surface area contributed by atoms with Crippen molar-refractivity contribution in [3.8, 4) is 11.4 Å². The molecule has 0 bridgehead atoms. The van der Waals surface area contributed by atoms with Gasteiger partial charge in [0.25, 0.3) is 0 Å². The summed E-state index contributed by atoms with van der Waals surface area (Å²) in [5.41, 5.74) is 6.98. The first-order valence-electron chi connectivity index (χ1n) is 10.5. The van der Waals surface area contributed by atoms with E-state index in [9.17, 15) is 13.2 Å². The number of thioether (sulfide) groups is 1. The van der Waals surface area contributed by atoms with E-state index < -0.39 is 15.9 Å². The van der Waals surface area contributed by atoms with Gasteiger partial charge in [-0.1, -0.05) is 54.2 Å². The Bertz CT molecular complexity index is 1220. The molecule has 2 N–H and O–H groups in total. The summed E-state index contributed by atoms with van der Waals surface area (Å²) in [6.07, 6.45) is 0. The first-order valence-corrected chi connectivity index (χ1v) is 12.9. The molecule has 174 valence electrons. The van der Waals surface area contributed by atoms with Gasteiger partial charge in [-0.3, -0.25) is 9.36 Å². The third-order valence-electron chi connectivity index (χ3n) is 5.38. The maximum atomic E-state index is 13.2. The highest BCUT2D eigenvalue weighted by Gasteiger charge is 2.27. The van der Waals surface area contributed by atoms with Crippen LogP contribution in [0.2, 0.25) is 0 Å². The Morgan fingerprint density at radius 3 is 2.55 bits per heavy atom. The normalized spacial score (nSPS) is 15.9. The van der Waals surface area contributed by atoms with Gasteiger partial charge >= 0.3 is 0 Å². The molecule has 33 heavy (non-hydrogen) atoms. The van der Waals surface area contributed by atoms with E-state index in [1.54, 1.807) is 24.3 Å². The number of nitrogens with two attached hydrogens (primary N) is 1. The molecule has 0 radical (unpaired) electrons.